The first-order chi connectivity index (χ1) is 13.6. The predicted molar refractivity (Wildman–Crippen MR) is 111 cm³/mol. The monoisotopic (exact) mass is 387 g/mol. The van der Waals surface area contributed by atoms with Gasteiger partial charge in [-0.1, -0.05) is 0 Å². The number of nitrogens with zero attached hydrogens (tertiary/aromatic N) is 3. The molecule has 0 spiro atoms. The highest BCUT2D eigenvalue weighted by Crippen LogP contribution is 2.26. The Labute approximate surface area is 166 Å². The van der Waals surface area contributed by atoms with Crippen LogP contribution in [0.15, 0.2) is 24.3 Å². The van der Waals surface area contributed by atoms with Crippen LogP contribution in [-0.2, 0) is 6.42 Å². The molecule has 152 valence electrons. The van der Waals surface area contributed by atoms with Gasteiger partial charge in [-0.15, -0.1) is 0 Å². The summed E-state index contributed by atoms with van der Waals surface area (Å²) in [4.78, 5) is 11.1. The molecule has 0 bridgehead atoms. The number of likely N-dealkylation sites (tertiary alicyclic amines) is 1. The molecule has 1 aromatic carbocycles. The smallest absolute Gasteiger partial charge is 0.229 e. The normalized spacial score (nSPS) is 16.9. The fraction of sp³-hybridized carbons (Fsp3) is 0.524. The Kier molecular flexibility index (Phi) is 7.03. The molecule has 1 atom stereocenters. The van der Waals surface area contributed by atoms with Gasteiger partial charge in [-0.2, -0.15) is 4.98 Å². The van der Waals surface area contributed by atoms with Crippen molar-refractivity contribution in [1.29, 1.82) is 0 Å². The van der Waals surface area contributed by atoms with E-state index in [2.05, 4.69) is 31.6 Å². The molecule has 1 aliphatic heterocycles. The van der Waals surface area contributed by atoms with E-state index in [1.54, 1.807) is 7.11 Å². The molecule has 6 nitrogen and oxygen atoms in total. The molecule has 0 aliphatic carbocycles. The molecule has 2 aromatic rings. The van der Waals surface area contributed by atoms with Crippen molar-refractivity contribution in [1.82, 2.24) is 14.9 Å². The number of anilines is 3. The van der Waals surface area contributed by atoms with E-state index >= 15 is 0 Å². The van der Waals surface area contributed by atoms with E-state index in [0.29, 0.717) is 18.9 Å². The van der Waals surface area contributed by atoms with Gasteiger partial charge in [-0.25, -0.2) is 9.37 Å². The van der Waals surface area contributed by atoms with Gasteiger partial charge in [0.15, 0.2) is 0 Å². The fourth-order valence-corrected chi connectivity index (χ4v) is 3.57. The van der Waals surface area contributed by atoms with E-state index in [4.69, 9.17) is 4.74 Å². The summed E-state index contributed by atoms with van der Waals surface area (Å²) in [6, 6.07) is 7.94. The van der Waals surface area contributed by atoms with E-state index in [0.717, 1.165) is 60.9 Å². The number of ether oxygens (including phenoxy) is 1. The zero-order valence-corrected chi connectivity index (χ0v) is 17.0. The van der Waals surface area contributed by atoms with E-state index in [-0.39, 0.29) is 0 Å². The predicted octanol–water partition coefficient (Wildman–Crippen LogP) is 3.95. The molecule has 0 saturated carbocycles. The third kappa shape index (κ3) is 5.55. The highest BCUT2D eigenvalue weighted by atomic mass is 19.1. The topological polar surface area (TPSA) is 62.3 Å². The van der Waals surface area contributed by atoms with Crippen LogP contribution >= 0.6 is 0 Å². The number of aromatic nitrogens is 2. The standard InChI is InChI=1S/C21H30FN5O/c1-15-12-20(23-2)26-21(24-15)25-18-7-8-19(28-3)16(13-18)6-4-5-10-27-11-9-17(22)14-27/h7-8,12-13,17H,4-6,9-11,14H2,1-3H3,(H2,23,24,25,26)/t17-/m1/s1. The molecule has 1 aromatic heterocycles. The quantitative estimate of drug-likeness (QED) is 0.636. The van der Waals surface area contributed by atoms with Gasteiger partial charge in [-0.05, 0) is 62.9 Å². The van der Waals surface area contributed by atoms with Gasteiger partial charge < -0.3 is 20.3 Å². The summed E-state index contributed by atoms with van der Waals surface area (Å²) >= 11 is 0. The van der Waals surface area contributed by atoms with E-state index in [1.807, 2.05) is 32.2 Å². The summed E-state index contributed by atoms with van der Waals surface area (Å²) in [7, 11) is 3.54. The van der Waals surface area contributed by atoms with Crippen LogP contribution in [0.1, 0.15) is 30.5 Å². The number of aryl methyl sites for hydroxylation is 2. The lowest BCUT2D eigenvalue weighted by molar-refractivity contribution is 0.283. The highest BCUT2D eigenvalue weighted by Gasteiger charge is 2.20. The van der Waals surface area contributed by atoms with Crippen molar-refractivity contribution in [3.05, 3.63) is 35.5 Å². The minimum atomic E-state index is -0.643. The molecule has 1 aliphatic rings. The molecule has 0 unspecified atom stereocenters. The Morgan fingerprint density at radius 1 is 1.25 bits per heavy atom. The van der Waals surface area contributed by atoms with Crippen LogP contribution in [0.2, 0.25) is 0 Å². The molecule has 3 rings (SSSR count). The Bertz CT molecular complexity index is 785. The lowest BCUT2D eigenvalue weighted by atomic mass is 10.1. The fourth-order valence-electron chi connectivity index (χ4n) is 3.57. The van der Waals surface area contributed by atoms with Crippen LogP contribution in [0.5, 0.6) is 5.75 Å². The van der Waals surface area contributed by atoms with Crippen molar-refractivity contribution < 1.29 is 9.13 Å². The number of methoxy groups -OCH3 is 1. The summed E-state index contributed by atoms with van der Waals surface area (Å²) in [5.74, 6) is 2.23. The lowest BCUT2D eigenvalue weighted by Gasteiger charge is -2.15. The molecule has 0 amide bonds. The minimum Gasteiger partial charge on any atom is -0.496 e. The van der Waals surface area contributed by atoms with Crippen molar-refractivity contribution in [2.24, 2.45) is 0 Å². The molecule has 1 fully saturated rings. The van der Waals surface area contributed by atoms with E-state index in [9.17, 15) is 4.39 Å². The first-order valence-electron chi connectivity index (χ1n) is 9.91. The van der Waals surface area contributed by atoms with Crippen LogP contribution in [0.3, 0.4) is 0 Å². The number of benzene rings is 1. The third-order valence-electron chi connectivity index (χ3n) is 5.03. The molecule has 7 heteroatoms. The number of unbranched alkanes of at least 4 members (excludes halogenated alkanes) is 1. The minimum absolute atomic E-state index is 0.565. The highest BCUT2D eigenvalue weighted by molar-refractivity contribution is 5.58. The molecule has 2 heterocycles. The second-order valence-corrected chi connectivity index (χ2v) is 7.26. The number of hydrogen-bond donors (Lipinski definition) is 2. The van der Waals surface area contributed by atoms with E-state index in [1.165, 1.54) is 0 Å². The zero-order valence-electron chi connectivity index (χ0n) is 17.0. The van der Waals surface area contributed by atoms with Gasteiger partial charge in [0.2, 0.25) is 5.95 Å². The van der Waals surface area contributed by atoms with Crippen LogP contribution < -0.4 is 15.4 Å². The molecule has 0 radical (unpaired) electrons. The van der Waals surface area contributed by atoms with Crippen molar-refractivity contribution in [2.75, 3.05) is 44.4 Å². The number of nitrogens with one attached hydrogen (secondary N) is 2. The SMILES string of the molecule is CNc1cc(C)nc(Nc2ccc(OC)c(CCCCN3CC[C@@H](F)C3)c2)n1. The Balaban J connectivity index is 1.60. The van der Waals surface area contributed by atoms with Gasteiger partial charge in [0, 0.05) is 37.6 Å². The molecular formula is C21H30FN5O. The third-order valence-corrected chi connectivity index (χ3v) is 5.03. The zero-order chi connectivity index (χ0) is 19.9. The maximum Gasteiger partial charge on any atom is 0.229 e. The average molecular weight is 388 g/mol. The Morgan fingerprint density at radius 3 is 2.82 bits per heavy atom. The van der Waals surface area contributed by atoms with Gasteiger partial charge >= 0.3 is 0 Å². The first-order valence-corrected chi connectivity index (χ1v) is 9.91. The van der Waals surface area contributed by atoms with Crippen molar-refractivity contribution in [3.8, 4) is 5.75 Å². The average Bonchev–Trinajstić information content (AvgIpc) is 3.10. The number of halogens is 1. The van der Waals surface area contributed by atoms with Crippen LogP contribution in [0.4, 0.5) is 21.8 Å². The van der Waals surface area contributed by atoms with Crippen LogP contribution in [-0.4, -0.2) is 54.8 Å². The second kappa shape index (κ2) is 9.68. The van der Waals surface area contributed by atoms with Gasteiger partial charge in [0.25, 0.3) is 0 Å². The number of hydrogen-bond acceptors (Lipinski definition) is 6. The number of alkyl halides is 1. The van der Waals surface area contributed by atoms with Gasteiger partial charge in [0.1, 0.15) is 17.7 Å². The largest absolute Gasteiger partial charge is 0.496 e. The van der Waals surface area contributed by atoms with Crippen molar-refractivity contribution in [3.63, 3.8) is 0 Å². The molecule has 2 N–H and O–H groups in total. The van der Waals surface area contributed by atoms with E-state index < -0.39 is 6.17 Å². The second-order valence-electron chi connectivity index (χ2n) is 7.26. The van der Waals surface area contributed by atoms with Crippen molar-refractivity contribution >= 4 is 17.5 Å². The first kappa shape index (κ1) is 20.3. The van der Waals surface area contributed by atoms with Gasteiger partial charge in [0.05, 0.1) is 7.11 Å². The van der Waals surface area contributed by atoms with Crippen molar-refractivity contribution in [2.45, 2.75) is 38.8 Å². The van der Waals surface area contributed by atoms with Crippen LogP contribution in [0, 0.1) is 6.92 Å². The molecule has 28 heavy (non-hydrogen) atoms. The summed E-state index contributed by atoms with van der Waals surface area (Å²) in [5.41, 5.74) is 2.98. The Hall–Kier alpha value is -2.41. The maximum absolute atomic E-state index is 13.3. The summed E-state index contributed by atoms with van der Waals surface area (Å²) in [6.45, 7) is 4.38. The summed E-state index contributed by atoms with van der Waals surface area (Å²) < 4.78 is 18.8. The molecular weight excluding hydrogens is 357 g/mol. The Morgan fingerprint density at radius 2 is 2.11 bits per heavy atom. The molecule has 1 saturated heterocycles. The maximum atomic E-state index is 13.3. The van der Waals surface area contributed by atoms with Crippen LogP contribution in [0.25, 0.3) is 0 Å². The number of rotatable bonds is 9. The lowest BCUT2D eigenvalue weighted by Crippen LogP contribution is -2.22. The summed E-state index contributed by atoms with van der Waals surface area (Å²) in [5, 5.41) is 6.33. The van der Waals surface area contributed by atoms with Gasteiger partial charge in [-0.3, -0.25) is 0 Å². The summed E-state index contributed by atoms with van der Waals surface area (Å²) in [6.07, 6.45) is 3.05.